The molecule has 3 nitrogen and oxygen atoms in total. The van der Waals surface area contributed by atoms with Gasteiger partial charge in [0.25, 0.3) is 0 Å². The van der Waals surface area contributed by atoms with E-state index in [4.69, 9.17) is 0 Å². The third-order valence-corrected chi connectivity index (χ3v) is 0.862. The van der Waals surface area contributed by atoms with Crippen molar-refractivity contribution in [1.82, 2.24) is 5.43 Å². The molecule has 0 saturated heterocycles. The minimum absolute atomic E-state index is 0.113. The van der Waals surface area contributed by atoms with E-state index in [1.54, 1.807) is 0 Å². The Morgan fingerprint density at radius 2 is 2.00 bits per heavy atom. The summed E-state index contributed by atoms with van der Waals surface area (Å²) in [6.45, 7) is 8.57. The van der Waals surface area contributed by atoms with E-state index < -0.39 is 0 Å². The molecule has 0 heterocycles. The number of hydrazone groups is 1. The van der Waals surface area contributed by atoms with Crippen LogP contribution in [0.3, 0.4) is 0 Å². The normalized spacial score (nSPS) is 10.6. The molecule has 0 fully saturated rings. The number of hydrogen-bond donors (Lipinski definition) is 1. The molecule has 0 aliphatic carbocycles. The van der Waals surface area contributed by atoms with Gasteiger partial charge in [0.1, 0.15) is 0 Å². The fraction of sp³-hybridized carbons (Fsp3) is 0.667. The minimum Gasteiger partial charge on any atom is -0.273 e. The Hall–Kier alpha value is -0.860. The second-order valence-electron chi connectivity index (χ2n) is 2.85. The molecular formula is C6H12N2O. The van der Waals surface area contributed by atoms with Crippen molar-refractivity contribution >= 4 is 12.6 Å². The number of hydrogen-bond acceptors (Lipinski definition) is 2. The molecule has 0 saturated carbocycles. The lowest BCUT2D eigenvalue weighted by atomic mass is 9.96. The lowest BCUT2D eigenvalue weighted by Crippen LogP contribution is -2.30. The molecule has 0 rings (SSSR count). The summed E-state index contributed by atoms with van der Waals surface area (Å²) in [6, 6.07) is 0. The van der Waals surface area contributed by atoms with E-state index >= 15 is 0 Å². The molecule has 9 heavy (non-hydrogen) atoms. The van der Waals surface area contributed by atoms with Gasteiger partial charge in [-0.1, -0.05) is 20.8 Å². The zero-order valence-electron chi connectivity index (χ0n) is 6.06. The standard InChI is InChI=1S/C6H12N2O/c1-6(2,3)5(9)8-7-4/h4H2,1-3H3,(H,8,9). The summed E-state index contributed by atoms with van der Waals surface area (Å²) in [7, 11) is 0. The van der Waals surface area contributed by atoms with Crippen molar-refractivity contribution in [1.29, 1.82) is 0 Å². The maximum Gasteiger partial charge on any atom is 0.245 e. The fourth-order valence-electron chi connectivity index (χ4n) is 0.240. The fourth-order valence-corrected chi connectivity index (χ4v) is 0.240. The molecule has 0 radical (unpaired) electrons. The summed E-state index contributed by atoms with van der Waals surface area (Å²) in [5.74, 6) is -0.113. The van der Waals surface area contributed by atoms with Gasteiger partial charge in [0.05, 0.1) is 0 Å². The molecule has 0 aromatic carbocycles. The highest BCUT2D eigenvalue weighted by atomic mass is 16.2. The Kier molecular flexibility index (Phi) is 2.37. The van der Waals surface area contributed by atoms with Crippen LogP contribution in [0, 0.1) is 5.41 Å². The van der Waals surface area contributed by atoms with Gasteiger partial charge in [-0.2, -0.15) is 5.10 Å². The van der Waals surface area contributed by atoms with Crippen molar-refractivity contribution in [2.24, 2.45) is 10.5 Å². The largest absolute Gasteiger partial charge is 0.273 e. The van der Waals surface area contributed by atoms with Crippen LogP contribution in [0.4, 0.5) is 0 Å². The Morgan fingerprint density at radius 3 is 2.11 bits per heavy atom. The van der Waals surface area contributed by atoms with E-state index in [1.807, 2.05) is 20.8 Å². The van der Waals surface area contributed by atoms with Crippen LogP contribution < -0.4 is 5.43 Å². The van der Waals surface area contributed by atoms with Gasteiger partial charge in [-0.15, -0.1) is 0 Å². The average Bonchev–Trinajstić information content (AvgIpc) is 1.64. The SMILES string of the molecule is C=NNC(=O)C(C)(C)C. The molecular weight excluding hydrogens is 116 g/mol. The number of carbonyl (C=O) groups excluding carboxylic acids is 1. The molecule has 0 unspecified atom stereocenters. The molecule has 0 aromatic rings. The Balaban J connectivity index is 3.88. The smallest absolute Gasteiger partial charge is 0.245 e. The molecule has 0 aliphatic heterocycles. The molecule has 1 amide bonds. The topological polar surface area (TPSA) is 41.5 Å². The Bertz CT molecular complexity index is 124. The number of rotatable bonds is 1. The first-order chi connectivity index (χ1) is 3.98. The average molecular weight is 128 g/mol. The predicted octanol–water partition coefficient (Wildman–Crippen LogP) is 0.764. The van der Waals surface area contributed by atoms with Gasteiger partial charge in [-0.3, -0.25) is 4.79 Å². The van der Waals surface area contributed by atoms with Crippen LogP contribution in [0.25, 0.3) is 0 Å². The molecule has 52 valence electrons. The minimum atomic E-state index is -0.374. The molecule has 0 aliphatic rings. The second kappa shape index (κ2) is 2.62. The van der Waals surface area contributed by atoms with Crippen LogP contribution in [-0.4, -0.2) is 12.6 Å². The maximum absolute atomic E-state index is 10.8. The van der Waals surface area contributed by atoms with E-state index in [1.165, 1.54) is 0 Å². The number of nitrogens with one attached hydrogen (secondary N) is 1. The molecule has 0 aromatic heterocycles. The van der Waals surface area contributed by atoms with Crippen LogP contribution >= 0.6 is 0 Å². The van der Waals surface area contributed by atoms with Crippen LogP contribution in [0.5, 0.6) is 0 Å². The summed E-state index contributed by atoms with van der Waals surface area (Å²) in [6.07, 6.45) is 0. The van der Waals surface area contributed by atoms with Crippen molar-refractivity contribution in [3.8, 4) is 0 Å². The van der Waals surface area contributed by atoms with Crippen LogP contribution in [0.15, 0.2) is 5.10 Å². The highest BCUT2D eigenvalue weighted by Crippen LogP contribution is 2.11. The van der Waals surface area contributed by atoms with Gasteiger partial charge < -0.3 is 0 Å². The van der Waals surface area contributed by atoms with E-state index in [-0.39, 0.29) is 11.3 Å². The summed E-state index contributed by atoms with van der Waals surface area (Å²) >= 11 is 0. The lowest BCUT2D eigenvalue weighted by molar-refractivity contribution is -0.128. The van der Waals surface area contributed by atoms with Gasteiger partial charge in [0, 0.05) is 12.1 Å². The van der Waals surface area contributed by atoms with E-state index in [9.17, 15) is 4.79 Å². The first kappa shape index (κ1) is 8.14. The van der Waals surface area contributed by atoms with E-state index in [2.05, 4.69) is 17.2 Å². The van der Waals surface area contributed by atoms with Gasteiger partial charge in [-0.25, -0.2) is 5.43 Å². The van der Waals surface area contributed by atoms with Crippen LogP contribution in [0.2, 0.25) is 0 Å². The van der Waals surface area contributed by atoms with E-state index in [0.717, 1.165) is 0 Å². The Morgan fingerprint density at radius 1 is 1.56 bits per heavy atom. The number of nitrogens with zero attached hydrogens (tertiary/aromatic N) is 1. The number of carbonyl (C=O) groups is 1. The molecule has 0 spiro atoms. The van der Waals surface area contributed by atoms with Crippen LogP contribution in [-0.2, 0) is 4.79 Å². The van der Waals surface area contributed by atoms with Gasteiger partial charge in [0.15, 0.2) is 0 Å². The molecule has 0 bridgehead atoms. The van der Waals surface area contributed by atoms with Crippen molar-refractivity contribution in [2.75, 3.05) is 0 Å². The van der Waals surface area contributed by atoms with Crippen molar-refractivity contribution in [3.05, 3.63) is 0 Å². The summed E-state index contributed by atoms with van der Waals surface area (Å²) in [4.78, 5) is 10.8. The monoisotopic (exact) mass is 128 g/mol. The third kappa shape index (κ3) is 2.85. The van der Waals surface area contributed by atoms with Crippen molar-refractivity contribution in [2.45, 2.75) is 20.8 Å². The molecule has 3 heteroatoms. The summed E-state index contributed by atoms with van der Waals surface area (Å²) in [5, 5.41) is 3.25. The summed E-state index contributed by atoms with van der Waals surface area (Å²) < 4.78 is 0. The zero-order valence-corrected chi connectivity index (χ0v) is 6.06. The first-order valence-electron chi connectivity index (χ1n) is 2.74. The highest BCUT2D eigenvalue weighted by molar-refractivity contribution is 5.81. The quantitative estimate of drug-likeness (QED) is 0.411. The predicted molar refractivity (Wildman–Crippen MR) is 37.1 cm³/mol. The zero-order chi connectivity index (χ0) is 7.49. The van der Waals surface area contributed by atoms with Gasteiger partial charge >= 0.3 is 0 Å². The first-order valence-corrected chi connectivity index (χ1v) is 2.74. The van der Waals surface area contributed by atoms with Crippen molar-refractivity contribution in [3.63, 3.8) is 0 Å². The van der Waals surface area contributed by atoms with Gasteiger partial charge in [0.2, 0.25) is 5.91 Å². The number of amides is 1. The molecule has 0 atom stereocenters. The van der Waals surface area contributed by atoms with Gasteiger partial charge in [-0.05, 0) is 0 Å². The van der Waals surface area contributed by atoms with E-state index in [0.29, 0.717) is 0 Å². The third-order valence-electron chi connectivity index (χ3n) is 0.862. The molecule has 1 N–H and O–H groups in total. The van der Waals surface area contributed by atoms with Crippen molar-refractivity contribution < 1.29 is 4.79 Å². The second-order valence-corrected chi connectivity index (χ2v) is 2.85. The lowest BCUT2D eigenvalue weighted by Gasteiger charge is -2.14. The Labute approximate surface area is 55.1 Å². The highest BCUT2D eigenvalue weighted by Gasteiger charge is 2.19. The van der Waals surface area contributed by atoms with Crippen LogP contribution in [0.1, 0.15) is 20.8 Å². The maximum atomic E-state index is 10.8. The summed E-state index contributed by atoms with van der Waals surface area (Å²) in [5.41, 5.74) is 1.89.